The molecule has 4 nitrogen and oxygen atoms in total. The van der Waals surface area contributed by atoms with E-state index >= 15 is 0 Å². The Bertz CT molecular complexity index is 736. The minimum atomic E-state index is -0.196. The van der Waals surface area contributed by atoms with Gasteiger partial charge in [0, 0.05) is 17.1 Å². The highest BCUT2D eigenvalue weighted by atomic mass is 32.1. The third-order valence-electron chi connectivity index (χ3n) is 5.30. The number of ether oxygens (including phenoxy) is 1. The van der Waals surface area contributed by atoms with Gasteiger partial charge in [-0.05, 0) is 35.3 Å². The molecule has 1 N–H and O–H groups in total. The molecular formula is C21H30N2O2S. The number of carbonyl (C=O) groups excluding carboxylic acids is 1. The number of nitrogens with zero attached hydrogens (tertiary/aromatic N) is 1. The first-order chi connectivity index (χ1) is 12.2. The van der Waals surface area contributed by atoms with E-state index in [1.807, 2.05) is 11.4 Å². The third kappa shape index (κ3) is 4.85. The summed E-state index contributed by atoms with van der Waals surface area (Å²) in [5.74, 6) is 0.583. The first kappa shape index (κ1) is 20.4. The van der Waals surface area contributed by atoms with Crippen molar-refractivity contribution in [2.45, 2.75) is 65.2 Å². The highest BCUT2D eigenvalue weighted by Gasteiger charge is 2.26. The Kier molecular flexibility index (Phi) is 6.45. The molecule has 5 heteroatoms. The van der Waals surface area contributed by atoms with Crippen LogP contribution < -0.4 is 10.1 Å². The summed E-state index contributed by atoms with van der Waals surface area (Å²) in [5.41, 5.74) is 2.54. The lowest BCUT2D eigenvalue weighted by Crippen LogP contribution is -2.24. The van der Waals surface area contributed by atoms with E-state index < -0.39 is 0 Å². The summed E-state index contributed by atoms with van der Waals surface area (Å²) in [4.78, 5) is 16.2. The summed E-state index contributed by atoms with van der Waals surface area (Å²) >= 11 is 1.39. The molecule has 1 aromatic carbocycles. The molecule has 2 rings (SSSR count). The lowest BCUT2D eigenvalue weighted by molar-refractivity contribution is -0.118. The molecular weight excluding hydrogens is 344 g/mol. The van der Waals surface area contributed by atoms with Gasteiger partial charge in [0.15, 0.2) is 11.7 Å². The molecule has 0 saturated carbocycles. The fourth-order valence-electron chi connectivity index (χ4n) is 2.58. The van der Waals surface area contributed by atoms with E-state index in [0.717, 1.165) is 24.2 Å². The Morgan fingerprint density at radius 1 is 1.15 bits per heavy atom. The fraction of sp³-hybridized carbons (Fsp3) is 0.524. The topological polar surface area (TPSA) is 51.2 Å². The number of hydrogen-bond acceptors (Lipinski definition) is 4. The standard InChI is InChI=1S/C21H30N2O2S/c1-7-20(3,4)15-9-10-17(16(13-15)21(5,6)8-2)25-14-18(24)23-19-22-11-12-26-19/h9-13H,7-8,14H2,1-6H3,(H,22,23,24). The molecule has 0 spiro atoms. The molecule has 0 saturated heterocycles. The molecule has 0 unspecified atom stereocenters. The van der Waals surface area contributed by atoms with E-state index in [2.05, 4.69) is 64.0 Å². The van der Waals surface area contributed by atoms with Crippen molar-refractivity contribution in [1.29, 1.82) is 0 Å². The van der Waals surface area contributed by atoms with Gasteiger partial charge in [-0.25, -0.2) is 4.98 Å². The predicted molar refractivity (Wildman–Crippen MR) is 109 cm³/mol. The van der Waals surface area contributed by atoms with E-state index in [4.69, 9.17) is 4.74 Å². The molecule has 2 aromatic rings. The molecule has 1 aromatic heterocycles. The van der Waals surface area contributed by atoms with Gasteiger partial charge in [-0.15, -0.1) is 11.3 Å². The summed E-state index contributed by atoms with van der Waals surface area (Å²) < 4.78 is 5.90. The average Bonchev–Trinajstić information content (AvgIpc) is 3.12. The number of thiazole rings is 1. The first-order valence-electron chi connectivity index (χ1n) is 9.16. The molecule has 1 amide bonds. The molecule has 0 bridgehead atoms. The lowest BCUT2D eigenvalue weighted by atomic mass is 9.76. The number of aromatic nitrogens is 1. The van der Waals surface area contributed by atoms with Crippen molar-refractivity contribution >= 4 is 22.4 Å². The van der Waals surface area contributed by atoms with Gasteiger partial charge in [-0.1, -0.05) is 53.7 Å². The average molecular weight is 375 g/mol. The van der Waals surface area contributed by atoms with Gasteiger partial charge >= 0.3 is 0 Å². The molecule has 142 valence electrons. The van der Waals surface area contributed by atoms with Gasteiger partial charge in [0.1, 0.15) is 5.75 Å². The van der Waals surface area contributed by atoms with E-state index in [1.54, 1.807) is 6.20 Å². The van der Waals surface area contributed by atoms with Gasteiger partial charge in [0.2, 0.25) is 0 Å². The SMILES string of the molecule is CCC(C)(C)c1ccc(OCC(=O)Nc2nccs2)c(C(C)(C)CC)c1. The minimum Gasteiger partial charge on any atom is -0.483 e. The van der Waals surface area contributed by atoms with Crippen LogP contribution in [0.4, 0.5) is 5.13 Å². The number of rotatable bonds is 8. The van der Waals surface area contributed by atoms with Crippen LogP contribution in [0.1, 0.15) is 65.5 Å². The molecule has 1 heterocycles. The molecule has 26 heavy (non-hydrogen) atoms. The zero-order valence-corrected chi connectivity index (χ0v) is 17.5. The van der Waals surface area contributed by atoms with E-state index in [9.17, 15) is 4.79 Å². The van der Waals surface area contributed by atoms with Crippen LogP contribution in [0, 0.1) is 0 Å². The van der Waals surface area contributed by atoms with Crippen LogP contribution in [-0.4, -0.2) is 17.5 Å². The molecule has 0 radical (unpaired) electrons. The van der Waals surface area contributed by atoms with E-state index in [-0.39, 0.29) is 23.3 Å². The van der Waals surface area contributed by atoms with Crippen LogP contribution in [0.25, 0.3) is 0 Å². The third-order valence-corrected chi connectivity index (χ3v) is 5.98. The van der Waals surface area contributed by atoms with Crippen molar-refractivity contribution in [2.75, 3.05) is 11.9 Å². The van der Waals surface area contributed by atoms with Crippen LogP contribution >= 0.6 is 11.3 Å². The Morgan fingerprint density at radius 3 is 2.42 bits per heavy atom. The highest BCUT2D eigenvalue weighted by molar-refractivity contribution is 7.13. The van der Waals surface area contributed by atoms with Gasteiger partial charge in [0.05, 0.1) is 0 Å². The second-order valence-corrected chi connectivity index (χ2v) is 8.75. The number of amides is 1. The van der Waals surface area contributed by atoms with E-state index in [0.29, 0.717) is 5.13 Å². The minimum absolute atomic E-state index is 0.0249. The number of nitrogens with one attached hydrogen (secondary N) is 1. The van der Waals surface area contributed by atoms with Gasteiger partial charge in [-0.2, -0.15) is 0 Å². The lowest BCUT2D eigenvalue weighted by Gasteiger charge is -2.30. The molecule has 0 atom stereocenters. The van der Waals surface area contributed by atoms with Crippen molar-refractivity contribution in [1.82, 2.24) is 4.98 Å². The zero-order valence-electron chi connectivity index (χ0n) is 16.7. The first-order valence-corrected chi connectivity index (χ1v) is 10.0. The fourth-order valence-corrected chi connectivity index (χ4v) is 3.13. The second-order valence-electron chi connectivity index (χ2n) is 7.86. The van der Waals surface area contributed by atoms with Crippen molar-refractivity contribution in [3.05, 3.63) is 40.9 Å². The normalized spacial score (nSPS) is 12.1. The molecule has 0 aliphatic rings. The summed E-state index contributed by atoms with van der Waals surface area (Å²) in [6, 6.07) is 6.38. The number of hydrogen-bond donors (Lipinski definition) is 1. The monoisotopic (exact) mass is 374 g/mol. The van der Waals surface area contributed by atoms with Gasteiger partial charge < -0.3 is 4.74 Å². The largest absolute Gasteiger partial charge is 0.483 e. The van der Waals surface area contributed by atoms with Crippen LogP contribution in [0.2, 0.25) is 0 Å². The Hall–Kier alpha value is -1.88. The number of carbonyl (C=O) groups is 1. The van der Waals surface area contributed by atoms with Crippen LogP contribution in [0.5, 0.6) is 5.75 Å². The van der Waals surface area contributed by atoms with E-state index in [1.165, 1.54) is 16.9 Å². The van der Waals surface area contributed by atoms with Crippen molar-refractivity contribution in [2.24, 2.45) is 0 Å². The maximum absolute atomic E-state index is 12.1. The number of anilines is 1. The maximum Gasteiger partial charge on any atom is 0.264 e. The molecule has 0 aliphatic heterocycles. The van der Waals surface area contributed by atoms with Gasteiger partial charge in [0.25, 0.3) is 5.91 Å². The summed E-state index contributed by atoms with van der Waals surface area (Å²) in [6.45, 7) is 13.3. The van der Waals surface area contributed by atoms with Crippen LogP contribution in [0.3, 0.4) is 0 Å². The van der Waals surface area contributed by atoms with Crippen molar-refractivity contribution in [3.8, 4) is 5.75 Å². The Labute approximate surface area is 161 Å². The highest BCUT2D eigenvalue weighted by Crippen LogP contribution is 2.38. The Balaban J connectivity index is 2.22. The van der Waals surface area contributed by atoms with Crippen LogP contribution in [0.15, 0.2) is 29.8 Å². The maximum atomic E-state index is 12.1. The molecule has 0 aliphatic carbocycles. The summed E-state index contributed by atoms with van der Waals surface area (Å²) in [7, 11) is 0. The summed E-state index contributed by atoms with van der Waals surface area (Å²) in [5, 5.41) is 5.17. The van der Waals surface area contributed by atoms with Crippen molar-refractivity contribution in [3.63, 3.8) is 0 Å². The summed E-state index contributed by atoms with van der Waals surface area (Å²) in [6.07, 6.45) is 3.72. The Morgan fingerprint density at radius 2 is 1.85 bits per heavy atom. The zero-order chi connectivity index (χ0) is 19.4. The van der Waals surface area contributed by atoms with Crippen molar-refractivity contribution < 1.29 is 9.53 Å². The predicted octanol–water partition coefficient (Wildman–Crippen LogP) is 5.54. The number of benzene rings is 1. The molecule has 0 fully saturated rings. The smallest absolute Gasteiger partial charge is 0.264 e. The quantitative estimate of drug-likeness (QED) is 0.660. The van der Waals surface area contributed by atoms with Crippen LogP contribution in [-0.2, 0) is 15.6 Å². The second kappa shape index (κ2) is 8.21. The van der Waals surface area contributed by atoms with Gasteiger partial charge in [-0.3, -0.25) is 10.1 Å².